The molecule has 5 heterocycles. The Hall–Kier alpha value is -2.25. The molecular formula is C18H22N6O5S. The van der Waals surface area contributed by atoms with Gasteiger partial charge in [-0.3, -0.25) is 4.57 Å². The molecule has 30 heavy (non-hydrogen) atoms. The fraction of sp³-hybridized carbons (Fsp3) is 0.556. The van der Waals surface area contributed by atoms with E-state index in [4.69, 9.17) is 14.0 Å². The minimum Gasteiger partial charge on any atom is -0.387 e. The van der Waals surface area contributed by atoms with Crippen LogP contribution < -0.4 is 5.32 Å². The van der Waals surface area contributed by atoms with Crippen LogP contribution in [0.2, 0.25) is 0 Å². The average molecular weight is 434 g/mol. The van der Waals surface area contributed by atoms with Crippen LogP contribution in [0.3, 0.4) is 0 Å². The van der Waals surface area contributed by atoms with Crippen LogP contribution in [-0.2, 0) is 9.47 Å². The van der Waals surface area contributed by atoms with Crippen molar-refractivity contribution in [3.8, 4) is 0 Å². The van der Waals surface area contributed by atoms with E-state index in [0.29, 0.717) is 46.7 Å². The standard InChI is InChI=1S/C18H22N6O5S/c1-9-4-12(23-29-9)30-6-11-14(25)15(26)18(28-11)24-8-21-13-16(19-7-20-17(13)24)22-10-2-3-27-5-10/h4,7-8,10-11,14-15,18,25-26H,2-3,5-6H2,1H3,(H,19,20,22)/t10?,11-,14+,15+,18+/m0/s1. The number of nitrogens with zero attached hydrogens (tertiary/aromatic N) is 5. The fourth-order valence-corrected chi connectivity index (χ4v) is 4.61. The Labute approximate surface area is 175 Å². The van der Waals surface area contributed by atoms with E-state index in [1.165, 1.54) is 18.1 Å². The second-order valence-electron chi connectivity index (χ2n) is 7.38. The molecule has 0 bridgehead atoms. The first-order valence-electron chi connectivity index (χ1n) is 9.69. The van der Waals surface area contributed by atoms with Gasteiger partial charge in [0.1, 0.15) is 29.3 Å². The lowest BCUT2D eigenvalue weighted by Gasteiger charge is -2.17. The molecule has 11 nitrogen and oxygen atoms in total. The Morgan fingerprint density at radius 2 is 2.17 bits per heavy atom. The Morgan fingerprint density at radius 3 is 2.93 bits per heavy atom. The zero-order chi connectivity index (χ0) is 20.7. The van der Waals surface area contributed by atoms with Crippen LogP contribution >= 0.6 is 11.8 Å². The third-order valence-corrected chi connectivity index (χ3v) is 6.23. The summed E-state index contributed by atoms with van der Waals surface area (Å²) in [5.74, 6) is 1.73. The number of hydrogen-bond acceptors (Lipinski definition) is 11. The smallest absolute Gasteiger partial charge is 0.167 e. The Morgan fingerprint density at radius 1 is 1.27 bits per heavy atom. The predicted molar refractivity (Wildman–Crippen MR) is 106 cm³/mol. The summed E-state index contributed by atoms with van der Waals surface area (Å²) in [7, 11) is 0. The summed E-state index contributed by atoms with van der Waals surface area (Å²) in [4.78, 5) is 13.0. The number of aryl methyl sites for hydroxylation is 1. The van der Waals surface area contributed by atoms with E-state index < -0.39 is 24.5 Å². The highest BCUT2D eigenvalue weighted by Crippen LogP contribution is 2.34. The van der Waals surface area contributed by atoms with Gasteiger partial charge in [0.15, 0.2) is 23.2 Å². The molecule has 3 aromatic rings. The number of aliphatic hydroxyl groups excluding tert-OH is 2. The van der Waals surface area contributed by atoms with Gasteiger partial charge in [0.2, 0.25) is 0 Å². The van der Waals surface area contributed by atoms with Gasteiger partial charge in [-0.25, -0.2) is 15.0 Å². The highest BCUT2D eigenvalue weighted by atomic mass is 32.2. The molecule has 2 aliphatic heterocycles. The van der Waals surface area contributed by atoms with E-state index in [1.807, 2.05) is 13.0 Å². The van der Waals surface area contributed by atoms with Crippen molar-refractivity contribution in [1.82, 2.24) is 24.7 Å². The zero-order valence-electron chi connectivity index (χ0n) is 16.2. The van der Waals surface area contributed by atoms with Crippen LogP contribution in [0.5, 0.6) is 0 Å². The second kappa shape index (κ2) is 8.12. The number of rotatable bonds is 6. The first-order valence-corrected chi connectivity index (χ1v) is 10.7. The normalized spacial score (nSPS) is 29.1. The number of fused-ring (bicyclic) bond motifs is 1. The van der Waals surface area contributed by atoms with Crippen molar-refractivity contribution in [2.75, 3.05) is 24.3 Å². The highest BCUT2D eigenvalue weighted by molar-refractivity contribution is 7.99. The van der Waals surface area contributed by atoms with Gasteiger partial charge in [-0.05, 0) is 13.3 Å². The summed E-state index contributed by atoms with van der Waals surface area (Å²) in [5.41, 5.74) is 1.09. The maximum Gasteiger partial charge on any atom is 0.167 e. The maximum atomic E-state index is 10.6. The number of imidazole rings is 1. The van der Waals surface area contributed by atoms with Gasteiger partial charge < -0.3 is 29.5 Å². The van der Waals surface area contributed by atoms with Gasteiger partial charge in [0.25, 0.3) is 0 Å². The van der Waals surface area contributed by atoms with E-state index in [9.17, 15) is 10.2 Å². The Balaban J connectivity index is 1.34. The van der Waals surface area contributed by atoms with E-state index in [-0.39, 0.29) is 6.04 Å². The largest absolute Gasteiger partial charge is 0.387 e. The van der Waals surface area contributed by atoms with Crippen molar-refractivity contribution in [2.45, 2.75) is 49.0 Å². The third-order valence-electron chi connectivity index (χ3n) is 5.24. The van der Waals surface area contributed by atoms with E-state index in [2.05, 4.69) is 25.4 Å². The molecule has 5 rings (SSSR count). The second-order valence-corrected chi connectivity index (χ2v) is 8.42. The molecule has 3 N–H and O–H groups in total. The lowest BCUT2D eigenvalue weighted by molar-refractivity contribution is -0.0289. The molecule has 0 radical (unpaired) electrons. The van der Waals surface area contributed by atoms with Gasteiger partial charge >= 0.3 is 0 Å². The van der Waals surface area contributed by atoms with Crippen LogP contribution in [0.15, 0.2) is 28.3 Å². The summed E-state index contributed by atoms with van der Waals surface area (Å²) in [6.45, 7) is 3.15. The Bertz CT molecular complexity index is 1020. The molecule has 160 valence electrons. The monoisotopic (exact) mass is 434 g/mol. The summed E-state index contributed by atoms with van der Waals surface area (Å²) in [6.07, 6.45) is 0.313. The molecular weight excluding hydrogens is 412 g/mol. The van der Waals surface area contributed by atoms with Crippen molar-refractivity contribution in [3.63, 3.8) is 0 Å². The van der Waals surface area contributed by atoms with Gasteiger partial charge in [-0.2, -0.15) is 0 Å². The summed E-state index contributed by atoms with van der Waals surface area (Å²) in [6, 6.07) is 1.98. The van der Waals surface area contributed by atoms with Crippen LogP contribution in [0, 0.1) is 6.92 Å². The van der Waals surface area contributed by atoms with Crippen molar-refractivity contribution >= 4 is 28.7 Å². The molecule has 0 spiro atoms. The number of aliphatic hydroxyl groups is 2. The molecule has 0 aliphatic carbocycles. The summed E-state index contributed by atoms with van der Waals surface area (Å²) >= 11 is 1.39. The zero-order valence-corrected chi connectivity index (χ0v) is 17.0. The number of ether oxygens (including phenoxy) is 2. The van der Waals surface area contributed by atoms with Crippen LogP contribution in [0.25, 0.3) is 11.2 Å². The highest BCUT2D eigenvalue weighted by Gasteiger charge is 2.44. The quantitative estimate of drug-likeness (QED) is 0.473. The molecule has 5 atom stereocenters. The van der Waals surface area contributed by atoms with Gasteiger partial charge in [0.05, 0.1) is 25.1 Å². The number of hydrogen-bond donors (Lipinski definition) is 3. The molecule has 0 amide bonds. The lowest BCUT2D eigenvalue weighted by atomic mass is 10.1. The molecule has 2 saturated heterocycles. The van der Waals surface area contributed by atoms with Crippen molar-refractivity contribution in [1.29, 1.82) is 0 Å². The van der Waals surface area contributed by atoms with Crippen LogP contribution in [0.4, 0.5) is 5.82 Å². The topological polar surface area (TPSA) is 141 Å². The van der Waals surface area contributed by atoms with E-state index >= 15 is 0 Å². The number of thioether (sulfide) groups is 1. The minimum absolute atomic E-state index is 0.171. The molecule has 2 fully saturated rings. The van der Waals surface area contributed by atoms with Gasteiger partial charge in [0, 0.05) is 18.4 Å². The maximum absolute atomic E-state index is 10.6. The van der Waals surface area contributed by atoms with Crippen molar-refractivity contribution < 1.29 is 24.2 Å². The van der Waals surface area contributed by atoms with Gasteiger partial charge in [-0.1, -0.05) is 5.16 Å². The number of aromatic nitrogens is 5. The lowest BCUT2D eigenvalue weighted by Crippen LogP contribution is -2.32. The molecule has 0 aromatic carbocycles. The molecule has 1 unspecified atom stereocenters. The van der Waals surface area contributed by atoms with Crippen LogP contribution in [0.1, 0.15) is 18.4 Å². The van der Waals surface area contributed by atoms with Crippen molar-refractivity contribution in [3.05, 3.63) is 24.5 Å². The van der Waals surface area contributed by atoms with E-state index in [0.717, 1.165) is 6.42 Å². The summed E-state index contributed by atoms with van der Waals surface area (Å²) in [5, 5.41) is 29.1. The minimum atomic E-state index is -1.12. The molecule has 0 saturated carbocycles. The number of anilines is 1. The molecule has 12 heteroatoms. The van der Waals surface area contributed by atoms with Crippen molar-refractivity contribution in [2.24, 2.45) is 0 Å². The average Bonchev–Trinajstić information content (AvgIpc) is 3.52. The Kier molecular flexibility index (Phi) is 5.33. The van der Waals surface area contributed by atoms with E-state index in [1.54, 1.807) is 10.9 Å². The first-order chi connectivity index (χ1) is 14.6. The van der Waals surface area contributed by atoms with Gasteiger partial charge in [-0.15, -0.1) is 11.8 Å². The fourth-order valence-electron chi connectivity index (χ4n) is 3.66. The third kappa shape index (κ3) is 3.65. The SMILES string of the molecule is Cc1cc(SC[C@@H]2O[C@@H](n3cnc4c(NC5CCOC5)ncnc43)[C@H](O)[C@@H]2O)no1. The molecule has 2 aliphatic rings. The van der Waals surface area contributed by atoms with Crippen LogP contribution in [-0.4, -0.2) is 78.2 Å². The number of nitrogens with one attached hydrogen (secondary N) is 1. The molecule has 3 aromatic heterocycles. The summed E-state index contributed by atoms with van der Waals surface area (Å²) < 4.78 is 18.1. The predicted octanol–water partition coefficient (Wildman–Crippen LogP) is 0.735. The first kappa shape index (κ1) is 19.7.